The Morgan fingerprint density at radius 3 is 2.72 bits per heavy atom. The molecule has 8 nitrogen and oxygen atoms in total. The van der Waals surface area contributed by atoms with Crippen molar-refractivity contribution in [3.8, 4) is 5.75 Å². The molecule has 3 atom stereocenters. The fourth-order valence-electron chi connectivity index (χ4n) is 5.53. The molecule has 1 spiro atoms. The van der Waals surface area contributed by atoms with Gasteiger partial charge in [0.05, 0.1) is 6.04 Å². The van der Waals surface area contributed by atoms with Crippen LogP contribution in [0.4, 0.5) is 0 Å². The maximum Gasteiger partial charge on any atom is 0.274 e. The van der Waals surface area contributed by atoms with E-state index in [0.29, 0.717) is 6.54 Å². The van der Waals surface area contributed by atoms with Crippen molar-refractivity contribution in [2.24, 2.45) is 5.73 Å². The first kappa shape index (κ1) is 20.8. The molecule has 168 valence electrons. The number of nitrogens with two attached hydrogens (primary N) is 1. The zero-order valence-electron chi connectivity index (χ0n) is 18.2. The van der Waals surface area contributed by atoms with Crippen molar-refractivity contribution < 1.29 is 14.3 Å². The molecule has 0 unspecified atom stereocenters. The van der Waals surface area contributed by atoms with Gasteiger partial charge < -0.3 is 25.3 Å². The van der Waals surface area contributed by atoms with Gasteiger partial charge in [0, 0.05) is 24.3 Å². The molecule has 5 rings (SSSR count). The number of carbonyl (C=O) groups excluding carboxylic acids is 2. The van der Waals surface area contributed by atoms with Crippen LogP contribution >= 0.6 is 0 Å². The van der Waals surface area contributed by atoms with Crippen molar-refractivity contribution in [1.82, 2.24) is 14.8 Å². The van der Waals surface area contributed by atoms with E-state index in [2.05, 4.69) is 12.2 Å². The number of pyridine rings is 1. The fraction of sp³-hybridized carbons (Fsp3) is 0.458. The van der Waals surface area contributed by atoms with E-state index in [4.69, 9.17) is 10.5 Å². The summed E-state index contributed by atoms with van der Waals surface area (Å²) in [7, 11) is 0. The van der Waals surface area contributed by atoms with Crippen LogP contribution in [-0.4, -0.2) is 46.0 Å². The first-order valence-electron chi connectivity index (χ1n) is 11.2. The number of ether oxygens (including phenoxy) is 1. The number of nitrogens with zero attached hydrogens (tertiary/aromatic N) is 2. The molecule has 4 heterocycles. The zero-order chi connectivity index (χ0) is 22.5. The average Bonchev–Trinajstić information content (AvgIpc) is 3.22. The molecule has 0 radical (unpaired) electrons. The molecular weight excluding hydrogens is 408 g/mol. The summed E-state index contributed by atoms with van der Waals surface area (Å²) in [4.78, 5) is 40.9. The van der Waals surface area contributed by atoms with Crippen molar-refractivity contribution in [3.63, 3.8) is 0 Å². The lowest BCUT2D eigenvalue weighted by Crippen LogP contribution is -2.55. The minimum absolute atomic E-state index is 0.0495. The Bertz CT molecular complexity index is 1120. The molecule has 1 aromatic heterocycles. The molecule has 1 aromatic carbocycles. The van der Waals surface area contributed by atoms with Crippen LogP contribution < -0.4 is 21.2 Å². The van der Waals surface area contributed by atoms with Gasteiger partial charge in [0.2, 0.25) is 5.43 Å². The minimum Gasteiger partial charge on any atom is -0.483 e. The number of nitrogens with one attached hydrogen (secondary N) is 1. The number of benzene rings is 1. The van der Waals surface area contributed by atoms with Crippen LogP contribution in [0.2, 0.25) is 0 Å². The predicted octanol–water partition coefficient (Wildman–Crippen LogP) is 1.83. The highest BCUT2D eigenvalue weighted by Gasteiger charge is 2.50. The molecule has 2 fully saturated rings. The SMILES string of the molecule is C[C@H]1CC[C@]2(CCCN2)[C@H]2CN1C(=O)c1c(OCc3ccccc3)c(=O)c(C(N)=O)cn12. The highest BCUT2D eigenvalue weighted by molar-refractivity contribution is 5.99. The van der Waals surface area contributed by atoms with Gasteiger partial charge >= 0.3 is 0 Å². The van der Waals surface area contributed by atoms with Crippen LogP contribution in [-0.2, 0) is 6.61 Å². The highest BCUT2D eigenvalue weighted by atomic mass is 16.5. The van der Waals surface area contributed by atoms with E-state index in [9.17, 15) is 14.4 Å². The van der Waals surface area contributed by atoms with Crippen molar-refractivity contribution in [2.45, 2.75) is 56.8 Å². The third-order valence-corrected chi connectivity index (χ3v) is 7.31. The molecule has 0 aliphatic carbocycles. The van der Waals surface area contributed by atoms with Gasteiger partial charge in [0.1, 0.15) is 12.2 Å². The molecule has 0 saturated carbocycles. The van der Waals surface area contributed by atoms with Gasteiger partial charge in [-0.05, 0) is 44.7 Å². The summed E-state index contributed by atoms with van der Waals surface area (Å²) in [5, 5.41) is 3.69. The monoisotopic (exact) mass is 436 g/mol. The van der Waals surface area contributed by atoms with Gasteiger partial charge in [-0.3, -0.25) is 14.4 Å². The van der Waals surface area contributed by atoms with Crippen molar-refractivity contribution >= 4 is 11.8 Å². The summed E-state index contributed by atoms with van der Waals surface area (Å²) in [5.41, 5.74) is 5.67. The Hall–Kier alpha value is -3.13. The first-order chi connectivity index (χ1) is 15.4. The van der Waals surface area contributed by atoms with Crippen molar-refractivity contribution in [2.75, 3.05) is 13.1 Å². The number of carbonyl (C=O) groups is 2. The largest absolute Gasteiger partial charge is 0.483 e. The average molecular weight is 437 g/mol. The number of hydrogen-bond donors (Lipinski definition) is 2. The molecule has 2 saturated heterocycles. The van der Waals surface area contributed by atoms with Crippen LogP contribution in [0.3, 0.4) is 0 Å². The summed E-state index contributed by atoms with van der Waals surface area (Å²) in [6.07, 6.45) is 5.29. The third kappa shape index (κ3) is 3.21. The van der Waals surface area contributed by atoms with Crippen molar-refractivity contribution in [3.05, 3.63) is 63.6 Å². The van der Waals surface area contributed by atoms with Crippen LogP contribution in [0.5, 0.6) is 5.75 Å². The van der Waals surface area contributed by atoms with Gasteiger partial charge in [-0.15, -0.1) is 0 Å². The Kier molecular flexibility index (Phi) is 5.04. The Morgan fingerprint density at radius 2 is 2.03 bits per heavy atom. The predicted molar refractivity (Wildman–Crippen MR) is 119 cm³/mol. The van der Waals surface area contributed by atoms with Gasteiger partial charge in [-0.25, -0.2) is 0 Å². The zero-order valence-corrected chi connectivity index (χ0v) is 18.2. The molecule has 2 amide bonds. The second-order valence-electron chi connectivity index (χ2n) is 9.14. The molecule has 32 heavy (non-hydrogen) atoms. The third-order valence-electron chi connectivity index (χ3n) is 7.31. The maximum atomic E-state index is 13.6. The first-order valence-corrected chi connectivity index (χ1v) is 11.2. The summed E-state index contributed by atoms with van der Waals surface area (Å²) < 4.78 is 7.77. The molecule has 8 heteroatoms. The smallest absolute Gasteiger partial charge is 0.274 e. The minimum atomic E-state index is -0.819. The Labute approximate surface area is 186 Å². The van der Waals surface area contributed by atoms with Crippen molar-refractivity contribution in [1.29, 1.82) is 0 Å². The number of aromatic nitrogens is 1. The number of hydrogen-bond acceptors (Lipinski definition) is 5. The number of amides is 2. The highest BCUT2D eigenvalue weighted by Crippen LogP contribution is 2.44. The summed E-state index contributed by atoms with van der Waals surface area (Å²) in [6, 6.07) is 9.35. The van der Waals surface area contributed by atoms with Gasteiger partial charge in [-0.2, -0.15) is 0 Å². The Morgan fingerprint density at radius 1 is 1.25 bits per heavy atom. The number of primary amides is 1. The lowest BCUT2D eigenvalue weighted by molar-refractivity contribution is 0.0567. The molecule has 2 aromatic rings. The lowest BCUT2D eigenvalue weighted by atomic mass is 9.83. The summed E-state index contributed by atoms with van der Waals surface area (Å²) >= 11 is 0. The number of fused-ring (bicyclic) bond motifs is 5. The second-order valence-corrected chi connectivity index (χ2v) is 9.14. The molecule has 3 aliphatic rings. The van der Waals surface area contributed by atoms with E-state index < -0.39 is 11.3 Å². The van der Waals surface area contributed by atoms with E-state index in [1.807, 2.05) is 35.2 Å². The second kappa shape index (κ2) is 7.78. The number of rotatable bonds is 4. The van der Waals surface area contributed by atoms with E-state index in [1.165, 1.54) is 6.20 Å². The van der Waals surface area contributed by atoms with Gasteiger partial charge in [0.25, 0.3) is 11.8 Å². The van der Waals surface area contributed by atoms with Crippen LogP contribution in [0, 0.1) is 0 Å². The molecule has 2 bridgehead atoms. The normalized spacial score (nSPS) is 26.7. The van der Waals surface area contributed by atoms with Crippen LogP contribution in [0.25, 0.3) is 0 Å². The van der Waals surface area contributed by atoms with Gasteiger partial charge in [-0.1, -0.05) is 30.3 Å². The summed E-state index contributed by atoms with van der Waals surface area (Å²) in [5.74, 6) is -1.15. The topological polar surface area (TPSA) is 107 Å². The molecular formula is C24H28N4O4. The fourth-order valence-corrected chi connectivity index (χ4v) is 5.53. The van der Waals surface area contributed by atoms with Gasteiger partial charge in [0.15, 0.2) is 11.4 Å². The van der Waals surface area contributed by atoms with Crippen LogP contribution in [0.15, 0.2) is 41.3 Å². The lowest BCUT2D eigenvalue weighted by Gasteiger charge is -2.44. The molecule has 3 N–H and O–H groups in total. The standard InChI is InChI=1S/C24H28N4O4/c1-15-8-10-24(9-5-11-26-24)18-13-27(15)23(31)19-21(32-14-16-6-3-2-4-7-16)20(29)17(22(25)30)12-28(18)19/h2-4,6-7,12,15,18,26H,5,8-11,13-14H2,1H3,(H2,25,30)/t15-,18+,24+/m0/s1. The van der Waals surface area contributed by atoms with E-state index in [0.717, 1.165) is 37.8 Å². The maximum absolute atomic E-state index is 13.6. The quantitative estimate of drug-likeness (QED) is 0.761. The Balaban J connectivity index is 1.69. The van der Waals surface area contributed by atoms with E-state index in [1.54, 1.807) is 4.57 Å². The molecule has 3 aliphatic heterocycles. The van der Waals surface area contributed by atoms with E-state index >= 15 is 0 Å². The van der Waals surface area contributed by atoms with Crippen LogP contribution in [0.1, 0.15) is 65.1 Å². The van der Waals surface area contributed by atoms with E-state index in [-0.39, 0.29) is 47.1 Å². The summed E-state index contributed by atoms with van der Waals surface area (Å²) in [6.45, 7) is 3.61.